The van der Waals surface area contributed by atoms with Crippen LogP contribution in [0.2, 0.25) is 0 Å². The summed E-state index contributed by atoms with van der Waals surface area (Å²) in [5, 5.41) is 12.3. The average molecular weight is 208 g/mol. The van der Waals surface area contributed by atoms with Gasteiger partial charge < -0.3 is 4.90 Å². The summed E-state index contributed by atoms with van der Waals surface area (Å²) < 4.78 is 0. The van der Waals surface area contributed by atoms with Gasteiger partial charge in [-0.05, 0) is 22.4 Å². The minimum Gasteiger partial charge on any atom is -0.344 e. The first kappa shape index (κ1) is 10.7. The molecule has 1 amide bonds. The fourth-order valence-corrected chi connectivity index (χ4v) is 1.71. The molecule has 0 aromatic carbocycles. The van der Waals surface area contributed by atoms with Crippen LogP contribution in [0, 0.1) is 11.3 Å². The molecular formula is C10H12N2OS. The molecule has 1 heterocycles. The third-order valence-corrected chi connectivity index (χ3v) is 2.65. The van der Waals surface area contributed by atoms with Gasteiger partial charge in [0.1, 0.15) is 0 Å². The van der Waals surface area contributed by atoms with Crippen LogP contribution >= 0.6 is 11.3 Å². The van der Waals surface area contributed by atoms with E-state index in [9.17, 15) is 4.79 Å². The first-order valence-electron chi connectivity index (χ1n) is 4.36. The van der Waals surface area contributed by atoms with Crippen molar-refractivity contribution in [2.24, 2.45) is 0 Å². The summed E-state index contributed by atoms with van der Waals surface area (Å²) >= 11 is 1.59. The molecule has 4 heteroatoms. The number of hydrogen-bond acceptors (Lipinski definition) is 3. The zero-order valence-electron chi connectivity index (χ0n) is 8.06. The van der Waals surface area contributed by atoms with Crippen LogP contribution in [-0.4, -0.2) is 24.4 Å². The highest BCUT2D eigenvalue weighted by atomic mass is 32.1. The Hall–Kier alpha value is -1.34. The summed E-state index contributed by atoms with van der Waals surface area (Å²) in [5.74, 6) is 0.0682. The summed E-state index contributed by atoms with van der Waals surface area (Å²) in [6.45, 7) is 0.513. The van der Waals surface area contributed by atoms with Crippen LogP contribution in [0.25, 0.3) is 0 Å². The summed E-state index contributed by atoms with van der Waals surface area (Å²) in [5.41, 5.74) is 1.05. The maximum absolute atomic E-state index is 11.5. The monoisotopic (exact) mass is 208 g/mol. The molecule has 3 nitrogen and oxygen atoms in total. The number of thiophene rings is 1. The van der Waals surface area contributed by atoms with Crippen molar-refractivity contribution in [2.45, 2.75) is 12.8 Å². The van der Waals surface area contributed by atoms with Crippen LogP contribution in [0.5, 0.6) is 0 Å². The zero-order chi connectivity index (χ0) is 10.4. The van der Waals surface area contributed by atoms with E-state index in [0.29, 0.717) is 19.4 Å². The molecule has 0 aliphatic rings. The summed E-state index contributed by atoms with van der Waals surface area (Å²) in [6.07, 6.45) is 0.831. The molecule has 0 aliphatic carbocycles. The molecule has 0 atom stereocenters. The highest BCUT2D eigenvalue weighted by Crippen LogP contribution is 2.07. The molecule has 0 saturated carbocycles. The molecule has 0 aliphatic heterocycles. The molecule has 0 unspecified atom stereocenters. The highest BCUT2D eigenvalue weighted by molar-refractivity contribution is 7.07. The molecule has 0 bridgehead atoms. The first-order valence-corrected chi connectivity index (χ1v) is 5.30. The molecule has 0 N–H and O–H groups in total. The smallest absolute Gasteiger partial charge is 0.226 e. The predicted octanol–water partition coefficient (Wildman–Crippen LogP) is 1.66. The molecule has 1 rings (SSSR count). The van der Waals surface area contributed by atoms with Crippen LogP contribution < -0.4 is 0 Å². The van der Waals surface area contributed by atoms with Crippen LogP contribution in [-0.2, 0) is 11.2 Å². The second kappa shape index (κ2) is 5.40. The van der Waals surface area contributed by atoms with Gasteiger partial charge in [-0.2, -0.15) is 16.6 Å². The average Bonchev–Trinajstić information content (AvgIpc) is 2.66. The number of nitriles is 1. The van der Waals surface area contributed by atoms with Crippen molar-refractivity contribution in [3.8, 4) is 6.07 Å². The lowest BCUT2D eigenvalue weighted by Gasteiger charge is -2.14. The Morgan fingerprint density at radius 1 is 1.71 bits per heavy atom. The third kappa shape index (κ3) is 3.19. The van der Waals surface area contributed by atoms with Crippen molar-refractivity contribution in [2.75, 3.05) is 13.6 Å². The third-order valence-electron chi connectivity index (χ3n) is 1.92. The largest absolute Gasteiger partial charge is 0.344 e. The van der Waals surface area contributed by atoms with E-state index < -0.39 is 0 Å². The van der Waals surface area contributed by atoms with E-state index in [1.54, 1.807) is 23.3 Å². The number of carbonyl (C=O) groups is 1. The van der Waals surface area contributed by atoms with E-state index >= 15 is 0 Å². The van der Waals surface area contributed by atoms with Gasteiger partial charge in [-0.3, -0.25) is 4.79 Å². The minimum absolute atomic E-state index is 0.0682. The molecule has 1 aromatic heterocycles. The van der Waals surface area contributed by atoms with E-state index in [1.807, 2.05) is 22.9 Å². The maximum Gasteiger partial charge on any atom is 0.226 e. The van der Waals surface area contributed by atoms with Crippen LogP contribution in [0.15, 0.2) is 16.8 Å². The van der Waals surface area contributed by atoms with E-state index in [0.717, 1.165) is 5.56 Å². The minimum atomic E-state index is 0.0682. The zero-order valence-corrected chi connectivity index (χ0v) is 8.88. The molecule has 0 saturated heterocycles. The van der Waals surface area contributed by atoms with Gasteiger partial charge >= 0.3 is 0 Å². The van der Waals surface area contributed by atoms with Crippen molar-refractivity contribution in [1.29, 1.82) is 5.26 Å². The number of carbonyl (C=O) groups excluding carboxylic acids is 1. The van der Waals surface area contributed by atoms with Crippen molar-refractivity contribution in [3.63, 3.8) is 0 Å². The first-order chi connectivity index (χ1) is 6.74. The normalized spacial score (nSPS) is 9.43. The van der Waals surface area contributed by atoms with E-state index in [-0.39, 0.29) is 5.91 Å². The Labute approximate surface area is 87.6 Å². The van der Waals surface area contributed by atoms with Gasteiger partial charge in [0.05, 0.1) is 18.9 Å². The number of rotatable bonds is 4. The lowest BCUT2D eigenvalue weighted by atomic mass is 10.2. The van der Waals surface area contributed by atoms with E-state index in [2.05, 4.69) is 0 Å². The Kier molecular flexibility index (Phi) is 4.14. The topological polar surface area (TPSA) is 44.1 Å². The van der Waals surface area contributed by atoms with Crippen molar-refractivity contribution >= 4 is 17.2 Å². The molecule has 0 fully saturated rings. The molecule has 0 radical (unpaired) electrons. The molecular weight excluding hydrogens is 196 g/mol. The maximum atomic E-state index is 11.5. The molecule has 74 valence electrons. The van der Waals surface area contributed by atoms with Gasteiger partial charge in [0.25, 0.3) is 0 Å². The number of likely N-dealkylation sites (N-methyl/N-ethyl adjacent to an activating group) is 1. The van der Waals surface area contributed by atoms with Gasteiger partial charge in [-0.25, -0.2) is 0 Å². The Morgan fingerprint density at radius 2 is 2.50 bits per heavy atom. The molecule has 1 aromatic rings. The lowest BCUT2D eigenvalue weighted by Crippen LogP contribution is -2.28. The van der Waals surface area contributed by atoms with E-state index in [4.69, 9.17) is 5.26 Å². The summed E-state index contributed by atoms with van der Waals surface area (Å²) in [4.78, 5) is 13.1. The van der Waals surface area contributed by atoms with Crippen molar-refractivity contribution in [3.05, 3.63) is 22.4 Å². The van der Waals surface area contributed by atoms with Gasteiger partial charge in [0.15, 0.2) is 0 Å². The standard InChI is InChI=1S/C10H12N2OS/c1-12(5-2-4-11)10(13)7-9-3-6-14-8-9/h3,6,8H,2,5,7H2,1H3. The second-order valence-corrected chi connectivity index (χ2v) is 3.81. The van der Waals surface area contributed by atoms with Crippen molar-refractivity contribution in [1.82, 2.24) is 4.90 Å². The number of hydrogen-bond donors (Lipinski definition) is 0. The molecule has 14 heavy (non-hydrogen) atoms. The van der Waals surface area contributed by atoms with Gasteiger partial charge in [0, 0.05) is 13.6 Å². The van der Waals surface area contributed by atoms with Gasteiger partial charge in [-0.15, -0.1) is 0 Å². The Bertz CT molecular complexity index is 326. The lowest BCUT2D eigenvalue weighted by molar-refractivity contribution is -0.129. The Balaban J connectivity index is 2.39. The van der Waals surface area contributed by atoms with Gasteiger partial charge in [-0.1, -0.05) is 0 Å². The molecule has 0 spiro atoms. The fraction of sp³-hybridized carbons (Fsp3) is 0.400. The highest BCUT2D eigenvalue weighted by Gasteiger charge is 2.08. The van der Waals surface area contributed by atoms with Gasteiger partial charge in [0.2, 0.25) is 5.91 Å². The number of amides is 1. The van der Waals surface area contributed by atoms with Crippen LogP contribution in [0.3, 0.4) is 0 Å². The van der Waals surface area contributed by atoms with Crippen molar-refractivity contribution < 1.29 is 4.79 Å². The second-order valence-electron chi connectivity index (χ2n) is 3.03. The quantitative estimate of drug-likeness (QED) is 0.755. The fourth-order valence-electron chi connectivity index (χ4n) is 1.05. The number of nitrogens with zero attached hydrogens (tertiary/aromatic N) is 2. The Morgan fingerprint density at radius 3 is 3.07 bits per heavy atom. The summed E-state index contributed by atoms with van der Waals surface area (Å²) in [7, 11) is 1.73. The van der Waals surface area contributed by atoms with E-state index in [1.165, 1.54) is 0 Å². The predicted molar refractivity (Wildman–Crippen MR) is 55.9 cm³/mol. The summed E-state index contributed by atoms with van der Waals surface area (Å²) in [6, 6.07) is 3.97. The van der Waals surface area contributed by atoms with Crippen LogP contribution in [0.1, 0.15) is 12.0 Å². The van der Waals surface area contributed by atoms with Crippen LogP contribution in [0.4, 0.5) is 0 Å². The SMILES string of the molecule is CN(CCC#N)C(=O)Cc1ccsc1.